The first-order valence-electron chi connectivity index (χ1n) is 7.64. The topological polar surface area (TPSA) is 46.0 Å². The van der Waals surface area contributed by atoms with E-state index in [0.717, 1.165) is 31.7 Å². The van der Waals surface area contributed by atoms with Crippen LogP contribution in [0.25, 0.3) is 0 Å². The summed E-state index contributed by atoms with van der Waals surface area (Å²) in [6, 6.07) is 11.7. The number of hydrogen-bond acceptors (Lipinski definition) is 4. The Morgan fingerprint density at radius 2 is 2.10 bits per heavy atom. The predicted octanol–water partition coefficient (Wildman–Crippen LogP) is 1.74. The van der Waals surface area contributed by atoms with Crippen LogP contribution in [0.15, 0.2) is 36.5 Å². The van der Waals surface area contributed by atoms with Crippen LogP contribution in [0.3, 0.4) is 0 Å². The fourth-order valence-corrected chi connectivity index (χ4v) is 3.01. The van der Waals surface area contributed by atoms with Gasteiger partial charge in [-0.2, -0.15) is 0 Å². The minimum absolute atomic E-state index is 0.399. The second-order valence-electron chi connectivity index (χ2n) is 5.75. The fraction of sp³-hybridized carbons (Fsp3) is 0.500. The minimum Gasteiger partial charge on any atom is -0.311 e. The van der Waals surface area contributed by atoms with Crippen LogP contribution in [0.4, 0.5) is 0 Å². The number of piperazine rings is 1. The lowest BCUT2D eigenvalue weighted by Gasteiger charge is -2.40. The largest absolute Gasteiger partial charge is 0.311 e. The van der Waals surface area contributed by atoms with Gasteiger partial charge in [-0.15, -0.1) is 5.10 Å². The number of benzene rings is 1. The van der Waals surface area contributed by atoms with Gasteiger partial charge in [-0.1, -0.05) is 42.5 Å². The molecule has 2 unspecified atom stereocenters. The Hall–Kier alpha value is -1.72. The van der Waals surface area contributed by atoms with Crippen LogP contribution in [0.5, 0.6) is 0 Å². The van der Waals surface area contributed by atoms with Crippen LogP contribution < -0.4 is 5.32 Å². The molecule has 1 aromatic heterocycles. The Balaban J connectivity index is 1.80. The highest BCUT2D eigenvalue weighted by Crippen LogP contribution is 2.25. The summed E-state index contributed by atoms with van der Waals surface area (Å²) in [7, 11) is 1.91. The van der Waals surface area contributed by atoms with Gasteiger partial charge in [0.25, 0.3) is 0 Å². The lowest BCUT2D eigenvalue weighted by atomic mass is 10.00. The molecule has 5 heteroatoms. The molecule has 2 aromatic rings. The molecule has 0 aliphatic carbocycles. The molecule has 1 aromatic carbocycles. The normalized spacial score (nSPS) is 23.3. The van der Waals surface area contributed by atoms with E-state index in [1.54, 1.807) is 4.68 Å². The van der Waals surface area contributed by atoms with Crippen molar-refractivity contribution in [2.45, 2.75) is 32.0 Å². The molecule has 0 spiro atoms. The molecule has 2 heterocycles. The first kappa shape index (κ1) is 14.2. The second kappa shape index (κ2) is 6.37. The summed E-state index contributed by atoms with van der Waals surface area (Å²) in [6.07, 6.45) is 3.16. The summed E-state index contributed by atoms with van der Waals surface area (Å²) < 4.78 is 1.77. The summed E-state index contributed by atoms with van der Waals surface area (Å²) in [4.78, 5) is 2.52. The zero-order chi connectivity index (χ0) is 14.7. The van der Waals surface area contributed by atoms with Crippen molar-refractivity contribution in [3.8, 4) is 0 Å². The van der Waals surface area contributed by atoms with E-state index in [2.05, 4.69) is 57.8 Å². The van der Waals surface area contributed by atoms with E-state index in [1.165, 1.54) is 5.56 Å². The maximum atomic E-state index is 4.24. The van der Waals surface area contributed by atoms with Crippen molar-refractivity contribution in [3.63, 3.8) is 0 Å². The summed E-state index contributed by atoms with van der Waals surface area (Å²) in [5.74, 6) is 0. The standard InChI is InChI=1S/C16H23N5/c1-3-14-11-21(12-15-10-20(2)19-18-15)16(9-17-14)13-7-5-4-6-8-13/h4-8,10,14,16-17H,3,9,11-12H2,1-2H3. The second-order valence-corrected chi connectivity index (χ2v) is 5.75. The van der Waals surface area contributed by atoms with Gasteiger partial charge in [-0.3, -0.25) is 9.58 Å². The Kier molecular flexibility index (Phi) is 4.31. The number of rotatable bonds is 4. The maximum absolute atomic E-state index is 4.24. The molecule has 5 nitrogen and oxygen atoms in total. The van der Waals surface area contributed by atoms with Crippen molar-refractivity contribution in [3.05, 3.63) is 47.8 Å². The Labute approximate surface area is 126 Å². The van der Waals surface area contributed by atoms with Crippen LogP contribution >= 0.6 is 0 Å². The maximum Gasteiger partial charge on any atom is 0.0967 e. The first-order chi connectivity index (χ1) is 10.3. The Bertz CT molecular complexity index is 565. The van der Waals surface area contributed by atoms with Gasteiger partial charge in [0.2, 0.25) is 0 Å². The third-order valence-electron chi connectivity index (χ3n) is 4.19. The van der Waals surface area contributed by atoms with E-state index in [1.807, 2.05) is 13.2 Å². The number of aryl methyl sites for hydroxylation is 1. The zero-order valence-corrected chi connectivity index (χ0v) is 12.7. The molecule has 21 heavy (non-hydrogen) atoms. The summed E-state index contributed by atoms with van der Waals surface area (Å²) in [6.45, 7) is 5.13. The highest BCUT2D eigenvalue weighted by Gasteiger charge is 2.28. The molecule has 0 amide bonds. The fourth-order valence-electron chi connectivity index (χ4n) is 3.01. The SMILES string of the molecule is CCC1CN(Cc2cn(C)nn2)C(c2ccccc2)CN1. The molecule has 1 aliphatic rings. The van der Waals surface area contributed by atoms with E-state index in [4.69, 9.17) is 0 Å². The molecule has 1 fully saturated rings. The van der Waals surface area contributed by atoms with Gasteiger partial charge in [0.05, 0.1) is 5.69 Å². The third kappa shape index (κ3) is 3.31. The van der Waals surface area contributed by atoms with Crippen molar-refractivity contribution in [1.29, 1.82) is 0 Å². The van der Waals surface area contributed by atoms with E-state index in [-0.39, 0.29) is 0 Å². The molecule has 0 saturated carbocycles. The summed E-state index contributed by atoms with van der Waals surface area (Å²) >= 11 is 0. The summed E-state index contributed by atoms with van der Waals surface area (Å²) in [5, 5.41) is 11.9. The van der Waals surface area contributed by atoms with Crippen LogP contribution in [-0.2, 0) is 13.6 Å². The minimum atomic E-state index is 0.399. The molecule has 3 rings (SSSR count). The van der Waals surface area contributed by atoms with E-state index in [0.29, 0.717) is 12.1 Å². The van der Waals surface area contributed by atoms with Crippen molar-refractivity contribution >= 4 is 0 Å². The van der Waals surface area contributed by atoms with Gasteiger partial charge in [0, 0.05) is 45.0 Å². The van der Waals surface area contributed by atoms with Crippen LogP contribution in [0.2, 0.25) is 0 Å². The van der Waals surface area contributed by atoms with Gasteiger partial charge >= 0.3 is 0 Å². The number of nitrogens with zero attached hydrogens (tertiary/aromatic N) is 4. The molecule has 1 N–H and O–H groups in total. The van der Waals surface area contributed by atoms with Crippen LogP contribution in [0, 0.1) is 0 Å². The zero-order valence-electron chi connectivity index (χ0n) is 12.7. The van der Waals surface area contributed by atoms with Crippen LogP contribution in [-0.4, -0.2) is 39.0 Å². The van der Waals surface area contributed by atoms with Crippen molar-refractivity contribution in [2.24, 2.45) is 7.05 Å². The average molecular weight is 285 g/mol. The smallest absolute Gasteiger partial charge is 0.0967 e. The molecule has 1 saturated heterocycles. The van der Waals surface area contributed by atoms with Crippen molar-refractivity contribution in [1.82, 2.24) is 25.2 Å². The molecular weight excluding hydrogens is 262 g/mol. The van der Waals surface area contributed by atoms with E-state index >= 15 is 0 Å². The van der Waals surface area contributed by atoms with E-state index in [9.17, 15) is 0 Å². The molecular formula is C16H23N5. The Morgan fingerprint density at radius 1 is 1.29 bits per heavy atom. The number of aromatic nitrogens is 3. The predicted molar refractivity (Wildman–Crippen MR) is 82.7 cm³/mol. The van der Waals surface area contributed by atoms with Crippen LogP contribution in [0.1, 0.15) is 30.6 Å². The van der Waals surface area contributed by atoms with Gasteiger partial charge in [0.1, 0.15) is 0 Å². The molecule has 2 atom stereocenters. The molecule has 112 valence electrons. The monoisotopic (exact) mass is 285 g/mol. The highest BCUT2D eigenvalue weighted by atomic mass is 15.4. The summed E-state index contributed by atoms with van der Waals surface area (Å²) in [5.41, 5.74) is 2.40. The van der Waals surface area contributed by atoms with Gasteiger partial charge < -0.3 is 5.32 Å². The van der Waals surface area contributed by atoms with Gasteiger partial charge in [-0.25, -0.2) is 0 Å². The lowest BCUT2D eigenvalue weighted by molar-refractivity contribution is 0.119. The molecule has 0 radical (unpaired) electrons. The first-order valence-corrected chi connectivity index (χ1v) is 7.64. The van der Waals surface area contributed by atoms with Gasteiger partial charge in [0.15, 0.2) is 0 Å². The average Bonchev–Trinajstić information content (AvgIpc) is 2.93. The van der Waals surface area contributed by atoms with Crippen molar-refractivity contribution < 1.29 is 0 Å². The Morgan fingerprint density at radius 3 is 2.76 bits per heavy atom. The van der Waals surface area contributed by atoms with Gasteiger partial charge in [-0.05, 0) is 12.0 Å². The number of nitrogens with one attached hydrogen (secondary N) is 1. The van der Waals surface area contributed by atoms with E-state index < -0.39 is 0 Å². The highest BCUT2D eigenvalue weighted by molar-refractivity contribution is 5.20. The van der Waals surface area contributed by atoms with Crippen molar-refractivity contribution in [2.75, 3.05) is 13.1 Å². The third-order valence-corrected chi connectivity index (χ3v) is 4.19. The quantitative estimate of drug-likeness (QED) is 0.929. The molecule has 0 bridgehead atoms. The number of hydrogen-bond donors (Lipinski definition) is 1. The molecule has 1 aliphatic heterocycles. The lowest BCUT2D eigenvalue weighted by Crippen LogP contribution is -2.51.